The Morgan fingerprint density at radius 3 is 2.26 bits per heavy atom. The van der Waals surface area contributed by atoms with Crippen molar-refractivity contribution in [3.8, 4) is 28.6 Å². The summed E-state index contributed by atoms with van der Waals surface area (Å²) in [5.41, 5.74) is 6.59. The van der Waals surface area contributed by atoms with Crippen molar-refractivity contribution in [1.82, 2.24) is 14.5 Å². The number of para-hydroxylation sites is 1. The van der Waals surface area contributed by atoms with Crippen molar-refractivity contribution in [2.24, 2.45) is 0 Å². The third kappa shape index (κ3) is 5.02. The molecule has 0 unspecified atom stereocenters. The molecule has 0 aliphatic heterocycles. The van der Waals surface area contributed by atoms with Gasteiger partial charge in [-0.05, 0) is 46.5 Å². The van der Waals surface area contributed by atoms with E-state index in [1.807, 2.05) is 42.6 Å². The van der Waals surface area contributed by atoms with Gasteiger partial charge in [0.2, 0.25) is 5.88 Å². The average molecular weight is 691 g/mol. The van der Waals surface area contributed by atoms with Crippen LogP contribution in [0, 0.1) is 12.1 Å². The minimum atomic E-state index is 0. The molecule has 39 heavy (non-hydrogen) atoms. The summed E-state index contributed by atoms with van der Waals surface area (Å²) in [6.45, 7) is 8.99. The van der Waals surface area contributed by atoms with E-state index in [0.29, 0.717) is 23.5 Å². The molecule has 5 heteroatoms. The monoisotopic (exact) mass is 690 g/mol. The third-order valence-corrected chi connectivity index (χ3v) is 6.91. The van der Waals surface area contributed by atoms with E-state index in [1.54, 1.807) is 6.20 Å². The Morgan fingerprint density at radius 2 is 1.49 bits per heavy atom. The van der Waals surface area contributed by atoms with E-state index in [9.17, 15) is 0 Å². The Hall–Kier alpha value is -3.75. The van der Waals surface area contributed by atoms with Crippen molar-refractivity contribution in [3.63, 3.8) is 0 Å². The van der Waals surface area contributed by atoms with Crippen LogP contribution in [0.4, 0.5) is 0 Å². The molecule has 0 radical (unpaired) electrons. The predicted molar refractivity (Wildman–Crippen MR) is 154 cm³/mol. The minimum Gasteiger partial charge on any atom is -0.460 e. The maximum Gasteiger partial charge on any atom is 2.00 e. The van der Waals surface area contributed by atoms with Crippen LogP contribution in [0.1, 0.15) is 50.7 Å². The maximum atomic E-state index is 5.95. The van der Waals surface area contributed by atoms with Gasteiger partial charge in [0.1, 0.15) is 5.82 Å². The second kappa shape index (κ2) is 11.2. The van der Waals surface area contributed by atoms with E-state index in [0.717, 1.165) is 33.4 Å². The Morgan fingerprint density at radius 1 is 0.692 bits per heavy atom. The fraction of sp³-hybridized carbons (Fsp3) is 0.176. The molecule has 196 valence electrons. The van der Waals surface area contributed by atoms with Crippen molar-refractivity contribution in [3.05, 3.63) is 115 Å². The zero-order valence-electron chi connectivity index (χ0n) is 22.4. The van der Waals surface area contributed by atoms with Crippen molar-refractivity contribution in [2.45, 2.75) is 39.5 Å². The first-order valence-electron chi connectivity index (χ1n) is 13.1. The molecule has 4 nitrogen and oxygen atoms in total. The molecular weight excluding hydrogens is 661 g/mol. The molecule has 0 amide bonds. The number of benzene rings is 3. The van der Waals surface area contributed by atoms with Gasteiger partial charge in [0.25, 0.3) is 0 Å². The molecule has 3 aromatic heterocycles. The molecule has 0 N–H and O–H groups in total. The predicted octanol–water partition coefficient (Wildman–Crippen LogP) is 8.88. The quantitative estimate of drug-likeness (QED) is 0.164. The van der Waals surface area contributed by atoms with Crippen LogP contribution in [0.15, 0.2) is 91.3 Å². The average Bonchev–Trinajstić information content (AvgIpc) is 3.27. The van der Waals surface area contributed by atoms with E-state index < -0.39 is 0 Å². The molecule has 3 heterocycles. The summed E-state index contributed by atoms with van der Waals surface area (Å²) in [6, 6.07) is 33.6. The second-order valence-electron chi connectivity index (χ2n) is 10.1. The Labute approximate surface area is 244 Å². The summed E-state index contributed by atoms with van der Waals surface area (Å²) in [5.74, 6) is 2.85. The maximum absolute atomic E-state index is 5.95. The molecule has 0 aliphatic carbocycles. The van der Waals surface area contributed by atoms with Gasteiger partial charge < -0.3 is 9.30 Å². The van der Waals surface area contributed by atoms with Crippen molar-refractivity contribution in [1.29, 1.82) is 0 Å². The Kier molecular flexibility index (Phi) is 7.68. The fourth-order valence-corrected chi connectivity index (χ4v) is 5.20. The smallest absolute Gasteiger partial charge is 0.460 e. The number of aromatic nitrogens is 3. The van der Waals surface area contributed by atoms with Gasteiger partial charge in [-0.1, -0.05) is 57.3 Å². The van der Waals surface area contributed by atoms with E-state index >= 15 is 0 Å². The largest absolute Gasteiger partial charge is 2.00 e. The second-order valence-corrected chi connectivity index (χ2v) is 10.1. The molecule has 3 aromatic carbocycles. The first kappa shape index (κ1) is 26.8. The van der Waals surface area contributed by atoms with Gasteiger partial charge >= 0.3 is 21.1 Å². The van der Waals surface area contributed by atoms with E-state index in [4.69, 9.17) is 9.72 Å². The molecule has 0 saturated heterocycles. The molecule has 0 spiro atoms. The van der Waals surface area contributed by atoms with E-state index in [-0.39, 0.29) is 21.1 Å². The van der Waals surface area contributed by atoms with Gasteiger partial charge in [-0.2, -0.15) is 24.3 Å². The molecule has 6 rings (SSSR count). The van der Waals surface area contributed by atoms with E-state index in [1.165, 1.54) is 16.5 Å². The van der Waals surface area contributed by atoms with Crippen LogP contribution in [0.25, 0.3) is 38.8 Å². The number of hydrogen-bond acceptors (Lipinski definition) is 3. The molecule has 6 aromatic rings. The summed E-state index contributed by atoms with van der Waals surface area (Å²) in [5, 5.41) is 2.34. The minimum absolute atomic E-state index is 0. The van der Waals surface area contributed by atoms with Crippen LogP contribution >= 0.6 is 0 Å². The summed E-state index contributed by atoms with van der Waals surface area (Å²) < 4.78 is 8.23. The first-order valence-corrected chi connectivity index (χ1v) is 13.1. The van der Waals surface area contributed by atoms with Crippen LogP contribution in [0.5, 0.6) is 11.6 Å². The molecule has 0 aliphatic rings. The molecular formula is C34H29N3OPt. The van der Waals surface area contributed by atoms with Gasteiger partial charge in [-0.15, -0.1) is 18.2 Å². The number of ether oxygens (including phenoxy) is 1. The number of fused-ring (bicyclic) bond motifs is 3. The Balaban J connectivity index is 0.00000308. The van der Waals surface area contributed by atoms with Crippen molar-refractivity contribution < 1.29 is 25.8 Å². The zero-order valence-corrected chi connectivity index (χ0v) is 24.7. The van der Waals surface area contributed by atoms with Gasteiger partial charge in [-0.25, -0.2) is 21.1 Å². The van der Waals surface area contributed by atoms with Gasteiger partial charge in [-0.3, -0.25) is 0 Å². The van der Waals surface area contributed by atoms with Gasteiger partial charge in [0.05, 0.1) is 0 Å². The van der Waals surface area contributed by atoms with Crippen LogP contribution in [0.3, 0.4) is 0 Å². The molecule has 0 fully saturated rings. The van der Waals surface area contributed by atoms with Crippen LogP contribution in [-0.2, 0) is 21.1 Å². The van der Waals surface area contributed by atoms with Crippen molar-refractivity contribution >= 4 is 21.8 Å². The summed E-state index contributed by atoms with van der Waals surface area (Å²) in [7, 11) is 0. The van der Waals surface area contributed by atoms with Crippen LogP contribution in [0.2, 0.25) is 0 Å². The van der Waals surface area contributed by atoms with E-state index in [2.05, 4.69) is 91.8 Å². The number of rotatable bonds is 6. The summed E-state index contributed by atoms with van der Waals surface area (Å²) in [4.78, 5) is 9.23. The molecule has 0 atom stereocenters. The third-order valence-electron chi connectivity index (χ3n) is 6.91. The van der Waals surface area contributed by atoms with Gasteiger partial charge in [0.15, 0.2) is 0 Å². The number of hydrogen-bond donors (Lipinski definition) is 0. The molecule has 0 saturated carbocycles. The molecule has 0 bridgehead atoms. The topological polar surface area (TPSA) is 39.9 Å². The standard InChI is InChI=1S/C34H29N3O.Pt/c1-22(2)27-17-19-36-34(33(27)23(3)4)37-30-13-6-5-12-28(30)29-16-15-25(21-31(29)37)24-10-9-11-26(20-24)38-32-14-7-8-18-35-32;/h5-19,22-23H,1-4H3;/q-2;+2. The van der Waals surface area contributed by atoms with Crippen LogP contribution < -0.4 is 4.74 Å². The SMILES string of the molecule is CC(C)c1ccnc(-n2c3[c-]c(-c4[c-]c(Oc5ccccn5)ccc4)ccc3c3ccccc32)c1C(C)C.[Pt+2]. The zero-order chi connectivity index (χ0) is 26.2. The first-order chi connectivity index (χ1) is 18.5. The van der Waals surface area contributed by atoms with Crippen LogP contribution in [-0.4, -0.2) is 14.5 Å². The van der Waals surface area contributed by atoms with Gasteiger partial charge in [0, 0.05) is 35.3 Å². The fourth-order valence-electron chi connectivity index (χ4n) is 5.20. The summed E-state index contributed by atoms with van der Waals surface area (Å²) >= 11 is 0. The Bertz CT molecular complexity index is 1760. The normalized spacial score (nSPS) is 11.3. The number of pyridine rings is 2. The summed E-state index contributed by atoms with van der Waals surface area (Å²) in [6.07, 6.45) is 3.65. The van der Waals surface area contributed by atoms with Crippen molar-refractivity contribution in [2.75, 3.05) is 0 Å². The number of nitrogens with zero attached hydrogens (tertiary/aromatic N) is 3.